The summed E-state index contributed by atoms with van der Waals surface area (Å²) >= 11 is 5.79. The van der Waals surface area contributed by atoms with Crippen molar-refractivity contribution in [3.05, 3.63) is 34.3 Å². The monoisotopic (exact) mass is 213 g/mol. The van der Waals surface area contributed by atoms with Gasteiger partial charge >= 0.3 is 5.97 Å². The van der Waals surface area contributed by atoms with Crippen molar-refractivity contribution < 1.29 is 9.90 Å². The Morgan fingerprint density at radius 1 is 1.64 bits per heavy atom. The van der Waals surface area contributed by atoms with Crippen LogP contribution in [0, 0.1) is 6.92 Å². The molecule has 0 heterocycles. The smallest absolute Gasteiger partial charge is 0.320 e. The summed E-state index contributed by atoms with van der Waals surface area (Å²) in [5.41, 5.74) is 7.31. The minimum Gasteiger partial charge on any atom is -0.480 e. The molecule has 14 heavy (non-hydrogen) atoms. The van der Waals surface area contributed by atoms with Gasteiger partial charge in [-0.05, 0) is 36.6 Å². The van der Waals surface area contributed by atoms with Crippen LogP contribution in [0.2, 0.25) is 5.02 Å². The summed E-state index contributed by atoms with van der Waals surface area (Å²) in [7, 11) is 0. The number of hydrogen-bond donors (Lipinski definition) is 2. The SMILES string of the molecule is Cc1ccc(Cl)cc1C[C@H](N)C(=O)O. The maximum Gasteiger partial charge on any atom is 0.320 e. The second kappa shape index (κ2) is 4.44. The van der Waals surface area contributed by atoms with Crippen molar-refractivity contribution in [2.45, 2.75) is 19.4 Å². The highest BCUT2D eigenvalue weighted by Crippen LogP contribution is 2.16. The van der Waals surface area contributed by atoms with Crippen LogP contribution >= 0.6 is 11.6 Å². The lowest BCUT2D eigenvalue weighted by Crippen LogP contribution is -2.32. The number of carboxylic acids is 1. The maximum atomic E-state index is 10.5. The number of hydrogen-bond acceptors (Lipinski definition) is 2. The number of carbonyl (C=O) groups is 1. The summed E-state index contributed by atoms with van der Waals surface area (Å²) in [6.07, 6.45) is 0.307. The molecule has 3 N–H and O–H groups in total. The molecule has 1 aromatic rings. The molecule has 0 fully saturated rings. The maximum absolute atomic E-state index is 10.5. The van der Waals surface area contributed by atoms with E-state index in [1.54, 1.807) is 12.1 Å². The van der Waals surface area contributed by atoms with Gasteiger partial charge in [-0.25, -0.2) is 0 Å². The van der Waals surface area contributed by atoms with Crippen LogP contribution in [0.4, 0.5) is 0 Å². The second-order valence-electron chi connectivity index (χ2n) is 3.22. The normalized spacial score (nSPS) is 12.5. The number of benzene rings is 1. The Bertz CT molecular complexity index is 352. The van der Waals surface area contributed by atoms with Crippen molar-refractivity contribution >= 4 is 17.6 Å². The van der Waals surface area contributed by atoms with E-state index >= 15 is 0 Å². The Morgan fingerprint density at radius 2 is 2.29 bits per heavy atom. The van der Waals surface area contributed by atoms with E-state index in [1.165, 1.54) is 0 Å². The van der Waals surface area contributed by atoms with Gasteiger partial charge < -0.3 is 10.8 Å². The first-order chi connectivity index (χ1) is 6.50. The molecule has 0 aliphatic carbocycles. The van der Waals surface area contributed by atoms with Crippen molar-refractivity contribution in [3.63, 3.8) is 0 Å². The molecule has 0 aromatic heterocycles. The molecule has 0 unspecified atom stereocenters. The van der Waals surface area contributed by atoms with E-state index < -0.39 is 12.0 Å². The van der Waals surface area contributed by atoms with Crippen LogP contribution in [0.15, 0.2) is 18.2 Å². The highest BCUT2D eigenvalue weighted by Gasteiger charge is 2.13. The molecule has 0 aliphatic rings. The summed E-state index contributed by atoms with van der Waals surface area (Å²) in [6.45, 7) is 1.90. The third-order valence-electron chi connectivity index (χ3n) is 2.07. The van der Waals surface area contributed by atoms with Gasteiger partial charge in [0, 0.05) is 5.02 Å². The Balaban J connectivity index is 2.85. The Kier molecular flexibility index (Phi) is 3.49. The van der Waals surface area contributed by atoms with Gasteiger partial charge in [0.05, 0.1) is 0 Å². The van der Waals surface area contributed by atoms with Crippen LogP contribution < -0.4 is 5.73 Å². The first-order valence-corrected chi connectivity index (χ1v) is 4.62. The summed E-state index contributed by atoms with van der Waals surface area (Å²) < 4.78 is 0. The summed E-state index contributed by atoms with van der Waals surface area (Å²) in [6, 6.07) is 4.51. The van der Waals surface area contributed by atoms with E-state index in [-0.39, 0.29) is 0 Å². The molecule has 0 saturated heterocycles. The van der Waals surface area contributed by atoms with Crippen LogP contribution in [0.3, 0.4) is 0 Å². The highest BCUT2D eigenvalue weighted by atomic mass is 35.5. The number of halogens is 1. The molecule has 0 saturated carbocycles. The number of nitrogens with two attached hydrogens (primary N) is 1. The fourth-order valence-corrected chi connectivity index (χ4v) is 1.38. The van der Waals surface area contributed by atoms with Gasteiger partial charge in [0.2, 0.25) is 0 Å². The molecule has 3 nitrogen and oxygen atoms in total. The van der Waals surface area contributed by atoms with Crippen molar-refractivity contribution in [2.24, 2.45) is 5.73 Å². The van der Waals surface area contributed by atoms with Crippen molar-refractivity contribution in [1.29, 1.82) is 0 Å². The quantitative estimate of drug-likeness (QED) is 0.802. The zero-order chi connectivity index (χ0) is 10.7. The van der Waals surface area contributed by atoms with E-state index in [0.29, 0.717) is 11.4 Å². The summed E-state index contributed by atoms with van der Waals surface area (Å²) in [5, 5.41) is 9.25. The lowest BCUT2D eigenvalue weighted by molar-refractivity contribution is -0.138. The van der Waals surface area contributed by atoms with E-state index in [4.69, 9.17) is 22.4 Å². The lowest BCUT2D eigenvalue weighted by Gasteiger charge is -2.09. The summed E-state index contributed by atoms with van der Waals surface area (Å²) in [5.74, 6) is -0.996. The van der Waals surface area contributed by atoms with Crippen LogP contribution in [-0.2, 0) is 11.2 Å². The minimum absolute atomic E-state index is 0.307. The van der Waals surface area contributed by atoms with Crippen LogP contribution in [0.1, 0.15) is 11.1 Å². The van der Waals surface area contributed by atoms with Gasteiger partial charge in [-0.1, -0.05) is 17.7 Å². The fraction of sp³-hybridized carbons (Fsp3) is 0.300. The number of aryl methyl sites for hydroxylation is 1. The number of aliphatic carboxylic acids is 1. The van der Waals surface area contributed by atoms with Gasteiger partial charge in [0.15, 0.2) is 0 Å². The Labute approximate surface area is 87.5 Å². The molecular formula is C10H12ClNO2. The first kappa shape index (κ1) is 11.0. The lowest BCUT2D eigenvalue weighted by atomic mass is 10.0. The molecule has 1 aromatic carbocycles. The van der Waals surface area contributed by atoms with Gasteiger partial charge in [0.25, 0.3) is 0 Å². The van der Waals surface area contributed by atoms with Crippen molar-refractivity contribution in [1.82, 2.24) is 0 Å². The van der Waals surface area contributed by atoms with E-state index in [1.807, 2.05) is 13.0 Å². The first-order valence-electron chi connectivity index (χ1n) is 4.24. The third kappa shape index (κ3) is 2.72. The van der Waals surface area contributed by atoms with E-state index in [0.717, 1.165) is 11.1 Å². The molecule has 76 valence electrons. The van der Waals surface area contributed by atoms with Crippen molar-refractivity contribution in [2.75, 3.05) is 0 Å². The molecule has 4 heteroatoms. The molecule has 0 bridgehead atoms. The predicted molar refractivity (Wildman–Crippen MR) is 55.5 cm³/mol. The van der Waals surface area contributed by atoms with Crippen molar-refractivity contribution in [3.8, 4) is 0 Å². The third-order valence-corrected chi connectivity index (χ3v) is 2.30. The molecule has 0 spiro atoms. The van der Waals surface area contributed by atoms with Crippen LogP contribution in [0.5, 0.6) is 0 Å². The standard InChI is InChI=1S/C10H12ClNO2/c1-6-2-3-8(11)4-7(6)5-9(12)10(13)14/h2-4,9H,5,12H2,1H3,(H,13,14)/t9-/m0/s1. The van der Waals surface area contributed by atoms with E-state index in [2.05, 4.69) is 0 Å². The molecule has 1 atom stereocenters. The fourth-order valence-electron chi connectivity index (χ4n) is 1.18. The minimum atomic E-state index is -0.996. The Morgan fingerprint density at radius 3 is 2.86 bits per heavy atom. The van der Waals surface area contributed by atoms with Gasteiger partial charge in [-0.15, -0.1) is 0 Å². The molecule has 0 radical (unpaired) electrons. The van der Waals surface area contributed by atoms with Gasteiger partial charge in [0.1, 0.15) is 6.04 Å². The average molecular weight is 214 g/mol. The molecule has 0 amide bonds. The molecule has 1 rings (SSSR count). The molecular weight excluding hydrogens is 202 g/mol. The predicted octanol–water partition coefficient (Wildman–Crippen LogP) is 1.60. The number of rotatable bonds is 3. The van der Waals surface area contributed by atoms with Gasteiger partial charge in [-0.2, -0.15) is 0 Å². The zero-order valence-corrected chi connectivity index (χ0v) is 8.58. The van der Waals surface area contributed by atoms with E-state index in [9.17, 15) is 4.79 Å². The zero-order valence-electron chi connectivity index (χ0n) is 7.83. The summed E-state index contributed by atoms with van der Waals surface area (Å²) in [4.78, 5) is 10.5. The number of carboxylic acid groups (broad SMARTS) is 1. The average Bonchev–Trinajstić information content (AvgIpc) is 2.11. The van der Waals surface area contributed by atoms with Gasteiger partial charge in [-0.3, -0.25) is 4.79 Å². The van der Waals surface area contributed by atoms with Crippen LogP contribution in [0.25, 0.3) is 0 Å². The highest BCUT2D eigenvalue weighted by molar-refractivity contribution is 6.30. The van der Waals surface area contributed by atoms with Crippen LogP contribution in [-0.4, -0.2) is 17.1 Å². The second-order valence-corrected chi connectivity index (χ2v) is 3.66. The molecule has 0 aliphatic heterocycles. The largest absolute Gasteiger partial charge is 0.480 e. The topological polar surface area (TPSA) is 63.3 Å². The Hall–Kier alpha value is -1.06.